The van der Waals surface area contributed by atoms with Crippen LogP contribution in [0.5, 0.6) is 0 Å². The van der Waals surface area contributed by atoms with Gasteiger partial charge in [-0.1, -0.05) is 0 Å². The Bertz CT molecular complexity index is 181. The normalized spacial score (nSPS) is 43.3. The van der Waals surface area contributed by atoms with E-state index in [0.29, 0.717) is 18.3 Å². The van der Waals surface area contributed by atoms with Crippen LogP contribution in [0.15, 0.2) is 0 Å². The van der Waals surface area contributed by atoms with Gasteiger partial charge in [0.15, 0.2) is 0 Å². The zero-order valence-electron chi connectivity index (χ0n) is 8.52. The van der Waals surface area contributed by atoms with Crippen LogP contribution in [0.4, 0.5) is 0 Å². The van der Waals surface area contributed by atoms with Crippen LogP contribution in [0.25, 0.3) is 0 Å². The van der Waals surface area contributed by atoms with Crippen LogP contribution in [-0.4, -0.2) is 49.8 Å². The van der Waals surface area contributed by atoms with E-state index in [9.17, 15) is 0 Å². The lowest BCUT2D eigenvalue weighted by molar-refractivity contribution is 0.0770. The number of methoxy groups -OCH3 is 1. The highest BCUT2D eigenvalue weighted by atomic mass is 16.6. The summed E-state index contributed by atoms with van der Waals surface area (Å²) in [6.07, 6.45) is 5.37. The van der Waals surface area contributed by atoms with E-state index in [1.807, 2.05) is 0 Å². The minimum atomic E-state index is 0.190. The van der Waals surface area contributed by atoms with Gasteiger partial charge in [0.2, 0.25) is 0 Å². The van der Waals surface area contributed by atoms with E-state index in [2.05, 4.69) is 4.74 Å². The van der Waals surface area contributed by atoms with Gasteiger partial charge in [-0.3, -0.25) is 0 Å². The monoisotopic (exact) mass is 202 g/mol. The highest BCUT2D eigenvalue weighted by molar-refractivity contribution is 4.92. The van der Waals surface area contributed by atoms with Gasteiger partial charge in [0.1, 0.15) is 6.10 Å². The quantitative estimate of drug-likeness (QED) is 0.656. The van der Waals surface area contributed by atoms with Crippen LogP contribution in [0.1, 0.15) is 19.3 Å². The molecule has 82 valence electrons. The Kier molecular flexibility index (Phi) is 3.38. The van der Waals surface area contributed by atoms with E-state index in [0.717, 1.165) is 13.0 Å². The van der Waals surface area contributed by atoms with Crippen LogP contribution in [0.3, 0.4) is 0 Å². The first-order valence-corrected chi connectivity index (χ1v) is 5.24. The molecular formula is C10H18O4. The van der Waals surface area contributed by atoms with Gasteiger partial charge in [0, 0.05) is 13.5 Å². The summed E-state index contributed by atoms with van der Waals surface area (Å²) in [4.78, 5) is 0. The third-order valence-electron chi connectivity index (χ3n) is 2.90. The molecule has 1 N–H and O–H groups in total. The molecule has 0 radical (unpaired) electrons. The highest BCUT2D eigenvalue weighted by Gasteiger charge is 2.43. The average molecular weight is 202 g/mol. The van der Waals surface area contributed by atoms with Gasteiger partial charge in [-0.2, -0.15) is 0 Å². The first kappa shape index (κ1) is 10.4. The van der Waals surface area contributed by atoms with Crippen molar-refractivity contribution in [3.8, 4) is 0 Å². The van der Waals surface area contributed by atoms with Crippen LogP contribution in [0, 0.1) is 0 Å². The standard InChI is InChI=1S/C7H12O2.C3H6O2/c1-8-5-2-3-6-7(4-5)9-6;4-1-3-2-5-3/h5-7H,2-4H2,1H3;3-4H,1-2H2. The molecule has 4 atom stereocenters. The summed E-state index contributed by atoms with van der Waals surface area (Å²) in [6, 6.07) is 0. The summed E-state index contributed by atoms with van der Waals surface area (Å²) in [7, 11) is 1.79. The highest BCUT2D eigenvalue weighted by Crippen LogP contribution is 2.37. The van der Waals surface area contributed by atoms with E-state index in [1.54, 1.807) is 7.11 Å². The largest absolute Gasteiger partial charge is 0.394 e. The molecule has 1 aliphatic carbocycles. The van der Waals surface area contributed by atoms with Crippen molar-refractivity contribution in [2.75, 3.05) is 20.3 Å². The van der Waals surface area contributed by atoms with Gasteiger partial charge in [-0.25, -0.2) is 0 Å². The fraction of sp³-hybridized carbons (Fsp3) is 1.00. The Balaban J connectivity index is 0.000000128. The van der Waals surface area contributed by atoms with Gasteiger partial charge in [-0.15, -0.1) is 0 Å². The smallest absolute Gasteiger partial charge is 0.104 e. The first-order chi connectivity index (χ1) is 6.83. The third kappa shape index (κ3) is 2.92. The predicted molar refractivity (Wildman–Crippen MR) is 50.1 cm³/mol. The third-order valence-corrected chi connectivity index (χ3v) is 2.90. The van der Waals surface area contributed by atoms with Crippen LogP contribution >= 0.6 is 0 Å². The Morgan fingerprint density at radius 3 is 2.57 bits per heavy atom. The van der Waals surface area contributed by atoms with Crippen LogP contribution in [-0.2, 0) is 14.2 Å². The van der Waals surface area contributed by atoms with Gasteiger partial charge < -0.3 is 19.3 Å². The molecule has 3 aliphatic rings. The molecule has 0 spiro atoms. The number of fused-ring (bicyclic) bond motifs is 1. The molecule has 2 saturated heterocycles. The second-order valence-electron chi connectivity index (χ2n) is 4.02. The summed E-state index contributed by atoms with van der Waals surface area (Å²) in [5.41, 5.74) is 0. The maximum absolute atomic E-state index is 8.08. The Labute approximate surface area is 84.1 Å². The molecule has 0 aromatic heterocycles. The first-order valence-electron chi connectivity index (χ1n) is 5.24. The van der Waals surface area contributed by atoms with Gasteiger partial charge >= 0.3 is 0 Å². The Morgan fingerprint density at radius 2 is 2.14 bits per heavy atom. The molecule has 4 nitrogen and oxygen atoms in total. The number of epoxide rings is 2. The van der Waals surface area contributed by atoms with Crippen molar-refractivity contribution in [1.29, 1.82) is 0 Å². The number of hydrogen-bond donors (Lipinski definition) is 1. The summed E-state index contributed by atoms with van der Waals surface area (Å²) >= 11 is 0. The number of ether oxygens (including phenoxy) is 3. The second kappa shape index (κ2) is 4.57. The number of aliphatic hydroxyl groups excluding tert-OH is 1. The predicted octanol–water partition coefficient (Wildman–Crippen LogP) is 0.330. The van der Waals surface area contributed by atoms with Crippen molar-refractivity contribution in [2.24, 2.45) is 0 Å². The fourth-order valence-electron chi connectivity index (χ4n) is 1.76. The Hall–Kier alpha value is -0.160. The minimum Gasteiger partial charge on any atom is -0.394 e. The summed E-state index contributed by atoms with van der Waals surface area (Å²) in [5, 5.41) is 8.08. The van der Waals surface area contributed by atoms with Crippen molar-refractivity contribution in [3.63, 3.8) is 0 Å². The minimum absolute atomic E-state index is 0.190. The molecule has 2 heterocycles. The summed E-state index contributed by atoms with van der Waals surface area (Å²) < 4.78 is 15.1. The maximum atomic E-state index is 8.08. The zero-order valence-corrected chi connectivity index (χ0v) is 8.52. The maximum Gasteiger partial charge on any atom is 0.104 e. The fourth-order valence-corrected chi connectivity index (χ4v) is 1.76. The second-order valence-corrected chi connectivity index (χ2v) is 4.02. The van der Waals surface area contributed by atoms with E-state index >= 15 is 0 Å². The van der Waals surface area contributed by atoms with Crippen molar-refractivity contribution in [3.05, 3.63) is 0 Å². The van der Waals surface area contributed by atoms with Gasteiger partial charge in [-0.05, 0) is 12.8 Å². The zero-order chi connectivity index (χ0) is 9.97. The Morgan fingerprint density at radius 1 is 1.36 bits per heavy atom. The van der Waals surface area contributed by atoms with Crippen LogP contribution < -0.4 is 0 Å². The SMILES string of the molecule is COC1CCC2OC2C1.OCC1CO1. The topological polar surface area (TPSA) is 54.5 Å². The van der Waals surface area contributed by atoms with Gasteiger partial charge in [0.25, 0.3) is 0 Å². The number of rotatable bonds is 2. The van der Waals surface area contributed by atoms with Crippen molar-refractivity contribution >= 4 is 0 Å². The van der Waals surface area contributed by atoms with E-state index in [1.165, 1.54) is 12.8 Å². The summed E-state index contributed by atoms with van der Waals surface area (Å²) in [6.45, 7) is 0.955. The molecule has 0 amide bonds. The number of hydrogen-bond acceptors (Lipinski definition) is 4. The molecule has 14 heavy (non-hydrogen) atoms. The van der Waals surface area contributed by atoms with E-state index < -0.39 is 0 Å². The lowest BCUT2D eigenvalue weighted by Gasteiger charge is -2.16. The summed E-state index contributed by atoms with van der Waals surface area (Å²) in [5.74, 6) is 0. The molecule has 1 saturated carbocycles. The van der Waals surface area contributed by atoms with E-state index in [4.69, 9.17) is 14.6 Å². The lowest BCUT2D eigenvalue weighted by Crippen LogP contribution is -2.19. The molecule has 4 heteroatoms. The number of aliphatic hydroxyl groups is 1. The molecular weight excluding hydrogens is 184 g/mol. The van der Waals surface area contributed by atoms with Crippen LogP contribution in [0.2, 0.25) is 0 Å². The lowest BCUT2D eigenvalue weighted by atomic mass is 9.98. The molecule has 3 fully saturated rings. The van der Waals surface area contributed by atoms with Crippen molar-refractivity contribution in [2.45, 2.75) is 43.7 Å². The molecule has 3 rings (SSSR count). The molecule has 0 bridgehead atoms. The van der Waals surface area contributed by atoms with Crippen molar-refractivity contribution < 1.29 is 19.3 Å². The molecule has 0 aromatic rings. The average Bonchev–Trinajstić information content (AvgIpc) is 3.10. The van der Waals surface area contributed by atoms with Gasteiger partial charge in [0.05, 0.1) is 31.5 Å². The molecule has 0 aromatic carbocycles. The van der Waals surface area contributed by atoms with Crippen molar-refractivity contribution in [1.82, 2.24) is 0 Å². The molecule has 2 aliphatic heterocycles. The van der Waals surface area contributed by atoms with E-state index in [-0.39, 0.29) is 12.7 Å². The molecule has 4 unspecified atom stereocenters.